The van der Waals surface area contributed by atoms with Gasteiger partial charge in [0.1, 0.15) is 28.0 Å². The summed E-state index contributed by atoms with van der Waals surface area (Å²) < 4.78 is 54.7. The Morgan fingerprint density at radius 2 is 0.476 bits per heavy atom. The van der Waals surface area contributed by atoms with E-state index >= 15 is 0 Å². The third-order valence-electron chi connectivity index (χ3n) is 30.0. The minimum atomic E-state index is -0.560. The monoisotopic (exact) mass is 1790 g/mol. The third-order valence-corrected chi connectivity index (χ3v) is 30.0. The van der Waals surface area contributed by atoms with Gasteiger partial charge in [0.15, 0.2) is 19.8 Å². The number of hydrogen-bond donors (Lipinski definition) is 0. The molecule has 0 N–H and O–H groups in total. The first-order valence-electron chi connectivity index (χ1n) is 50.7. The third kappa shape index (κ3) is 37.8. The summed E-state index contributed by atoms with van der Waals surface area (Å²) in [4.78, 5) is 120. The fraction of sp³-hybridized carbons (Fsp3) is 0.906. The first-order valence-corrected chi connectivity index (χ1v) is 50.7. The number of esters is 10. The van der Waals surface area contributed by atoms with Crippen LogP contribution in [0.25, 0.3) is 0 Å². The van der Waals surface area contributed by atoms with Crippen molar-refractivity contribution in [3.05, 3.63) is 0 Å². The van der Waals surface area contributed by atoms with Crippen LogP contribution in [0.15, 0.2) is 0 Å². The molecule has 738 valence electrons. The number of carbonyl (C=O) groups is 10. The zero-order valence-electron chi connectivity index (χ0n) is 87.6. The van der Waals surface area contributed by atoms with Crippen molar-refractivity contribution < 1.29 is 95.3 Å². The molecule has 20 nitrogen and oxygen atoms in total. The quantitative estimate of drug-likeness (QED) is 0.0324. The highest BCUT2D eigenvalue weighted by Gasteiger charge is 2.61. The van der Waals surface area contributed by atoms with Crippen molar-refractivity contribution in [2.75, 3.05) is 33.0 Å². The number of rotatable bonds is 35. The Kier molecular flexibility index (Phi) is 53.5. The Balaban J connectivity index is 0.00000152. The molecule has 0 spiro atoms. The van der Waals surface area contributed by atoms with Gasteiger partial charge in [-0.15, -0.1) is 0 Å². The average molecular weight is 1790 g/mol. The number of ether oxygens (including phenoxy) is 10. The van der Waals surface area contributed by atoms with E-state index in [9.17, 15) is 47.9 Å². The second-order valence-corrected chi connectivity index (χ2v) is 42.4. The van der Waals surface area contributed by atoms with Crippen molar-refractivity contribution in [2.45, 2.75) is 495 Å². The summed E-state index contributed by atoms with van der Waals surface area (Å²) in [5.74, 6) is 3.20. The van der Waals surface area contributed by atoms with E-state index in [4.69, 9.17) is 47.4 Å². The lowest BCUT2D eigenvalue weighted by Gasteiger charge is -2.61. The second kappa shape index (κ2) is 55.9. The standard InChI is InChI=1S/C23H38O4.C21H34O4.C19H34O4.C17H30O4.C16H28O4.5C2H6/c1-6-21(2,3)20(25)26-9-7-8-19(24)27-22(4,5)23-13-16-10-17(14-23)12-18(11-16)15-23;1-6-19(2,3)18(23)24-13-17(22)25-20(4,5)21-10-14-7-15(11-21)9-16(8-14)12-21;1-6-18(2,3)17(21)22-14-10-13-16(20)23-19(4,5)15-11-8-7-9-12-15;1-6-16(3,4)15(19)20-12-14(18)21-17(5,7-2)13-10-8-9-11-13;1-6-15(2,3)14(18)19-11-13(17)20-16(4,5)12-9-7-8-10-12;5*1-2/h16-18H,6-15H2,1-5H3;14-16H,6-13H2,1-5H3;15H,6-14H2,1-5H3;13H,6-12H2,1-5H3;12H,6-11H2,1-5H3;5*1-2H3. The van der Waals surface area contributed by atoms with Gasteiger partial charge in [0.05, 0.1) is 40.3 Å². The topological polar surface area (TPSA) is 263 Å². The lowest BCUT2D eigenvalue weighted by atomic mass is 9.46. The normalized spacial score (nSPS) is 22.9. The van der Waals surface area contributed by atoms with Crippen LogP contribution >= 0.6 is 0 Å². The maximum absolute atomic E-state index is 12.5. The zero-order valence-corrected chi connectivity index (χ0v) is 87.6. The van der Waals surface area contributed by atoms with E-state index in [1.165, 1.54) is 122 Å². The first-order chi connectivity index (χ1) is 58.8. The predicted octanol–water partition coefficient (Wildman–Crippen LogP) is 26.9. The fourth-order valence-electron chi connectivity index (χ4n) is 19.9. The molecule has 0 saturated heterocycles. The highest BCUT2D eigenvalue weighted by Crippen LogP contribution is 2.66. The highest BCUT2D eigenvalue weighted by molar-refractivity contribution is 5.82. The van der Waals surface area contributed by atoms with Crippen LogP contribution in [0.4, 0.5) is 0 Å². The largest absolute Gasteiger partial charge is 0.465 e. The smallest absolute Gasteiger partial charge is 0.344 e. The zero-order chi connectivity index (χ0) is 97.3. The van der Waals surface area contributed by atoms with Crippen LogP contribution in [-0.2, 0) is 95.3 Å². The Labute approximate surface area is 770 Å². The molecule has 11 rings (SSSR count). The van der Waals surface area contributed by atoms with Gasteiger partial charge in [0.2, 0.25) is 0 Å². The van der Waals surface area contributed by atoms with Gasteiger partial charge in [0.25, 0.3) is 0 Å². The van der Waals surface area contributed by atoms with Crippen molar-refractivity contribution in [3.8, 4) is 0 Å². The molecule has 11 aliphatic rings. The molecular weight excluding hydrogens is 1590 g/mol. The molecule has 1 unspecified atom stereocenters. The second-order valence-electron chi connectivity index (χ2n) is 42.4. The molecule has 11 fully saturated rings. The van der Waals surface area contributed by atoms with E-state index in [-0.39, 0.29) is 85.6 Å². The Morgan fingerprint density at radius 1 is 0.262 bits per heavy atom. The summed E-state index contributed by atoms with van der Waals surface area (Å²) in [7, 11) is 0. The lowest BCUT2D eigenvalue weighted by molar-refractivity contribution is -0.203. The molecule has 0 aromatic carbocycles. The Bertz CT molecular complexity index is 3130. The van der Waals surface area contributed by atoms with Gasteiger partial charge in [0, 0.05) is 23.7 Å². The summed E-state index contributed by atoms with van der Waals surface area (Å²) in [6.07, 6.45) is 36.7. The van der Waals surface area contributed by atoms with Crippen LogP contribution < -0.4 is 0 Å². The summed E-state index contributed by atoms with van der Waals surface area (Å²) in [5, 5.41) is 0. The molecular formula is C106H194O20. The van der Waals surface area contributed by atoms with Gasteiger partial charge in [-0.05, 0) is 352 Å². The molecule has 0 aromatic rings. The van der Waals surface area contributed by atoms with Gasteiger partial charge >= 0.3 is 59.7 Å². The number of carbonyl (C=O) groups excluding carboxylic acids is 10. The van der Waals surface area contributed by atoms with E-state index in [0.717, 1.165) is 93.3 Å². The van der Waals surface area contributed by atoms with Crippen LogP contribution in [0.5, 0.6) is 0 Å². The van der Waals surface area contributed by atoms with Gasteiger partial charge in [-0.2, -0.15) is 0 Å². The summed E-state index contributed by atoms with van der Waals surface area (Å²) >= 11 is 0. The maximum atomic E-state index is 12.5. The van der Waals surface area contributed by atoms with Crippen molar-refractivity contribution in [1.29, 1.82) is 0 Å². The van der Waals surface area contributed by atoms with Crippen molar-refractivity contribution in [2.24, 2.45) is 91.2 Å². The van der Waals surface area contributed by atoms with Crippen LogP contribution in [0, 0.1) is 91.2 Å². The molecule has 11 aliphatic carbocycles. The Hall–Kier alpha value is -5.30. The van der Waals surface area contributed by atoms with E-state index in [2.05, 4.69) is 27.7 Å². The molecule has 0 radical (unpaired) electrons. The average Bonchev–Trinajstić information content (AvgIpc) is 0.789. The van der Waals surface area contributed by atoms with Crippen LogP contribution in [0.2, 0.25) is 0 Å². The fourth-order valence-corrected chi connectivity index (χ4v) is 19.9. The Morgan fingerprint density at radius 3 is 0.738 bits per heavy atom. The molecule has 0 amide bonds. The van der Waals surface area contributed by atoms with Crippen molar-refractivity contribution in [3.63, 3.8) is 0 Å². The minimum absolute atomic E-state index is 0.115. The molecule has 0 aromatic heterocycles. The maximum Gasteiger partial charge on any atom is 0.344 e. The summed E-state index contributed by atoms with van der Waals surface area (Å²) in [6.45, 7) is 68.2. The van der Waals surface area contributed by atoms with Gasteiger partial charge in [-0.3, -0.25) is 33.6 Å². The summed E-state index contributed by atoms with van der Waals surface area (Å²) in [5.41, 5.74) is -4.48. The van der Waals surface area contributed by atoms with E-state index < -0.39 is 73.0 Å². The van der Waals surface area contributed by atoms with Gasteiger partial charge < -0.3 is 47.4 Å². The molecule has 0 heterocycles. The summed E-state index contributed by atoms with van der Waals surface area (Å²) in [6, 6.07) is 0. The predicted molar refractivity (Wildman–Crippen MR) is 508 cm³/mol. The van der Waals surface area contributed by atoms with Gasteiger partial charge in [-0.1, -0.05) is 156 Å². The van der Waals surface area contributed by atoms with E-state index in [1.807, 2.05) is 215 Å². The van der Waals surface area contributed by atoms with E-state index in [1.54, 1.807) is 0 Å². The van der Waals surface area contributed by atoms with E-state index in [0.29, 0.717) is 62.7 Å². The molecule has 20 heteroatoms. The first kappa shape index (κ1) is 121. The van der Waals surface area contributed by atoms with Gasteiger partial charge in [-0.25, -0.2) is 14.4 Å². The minimum Gasteiger partial charge on any atom is -0.465 e. The number of hydrogen-bond acceptors (Lipinski definition) is 20. The molecule has 0 aliphatic heterocycles. The molecule has 8 bridgehead atoms. The SMILES string of the molecule is CC.CC.CC.CC.CC.CCC(C)(C)C(=O)OCC(=O)OC(C)(C)C12CC3CC(CC(C3)C1)C2.CCC(C)(C)C(=O)OCC(=O)OC(C)(C)C1CCCC1.CCC(C)(C)C(=O)OCC(=O)OC(C)(CC)C1CCCC1.CCC(C)(C)C(=O)OCCCC(=O)OC(C)(C)C12CC3CC(CC(C3)C1)C2.CCC(C)(C)C(=O)OCCCC(=O)OC(C)(C)C1CCCCC1. The van der Waals surface area contributed by atoms with Crippen LogP contribution in [-0.4, -0.2) is 121 Å². The molecule has 1 atom stereocenters. The van der Waals surface area contributed by atoms with Crippen LogP contribution in [0.1, 0.15) is 467 Å². The molecule has 11 saturated carbocycles. The van der Waals surface area contributed by atoms with Crippen molar-refractivity contribution in [1.82, 2.24) is 0 Å². The lowest BCUT2D eigenvalue weighted by Crippen LogP contribution is -2.57. The van der Waals surface area contributed by atoms with Crippen LogP contribution in [0.3, 0.4) is 0 Å². The highest BCUT2D eigenvalue weighted by atomic mass is 16.6. The van der Waals surface area contributed by atoms with Crippen molar-refractivity contribution >= 4 is 59.7 Å². The molecule has 126 heavy (non-hydrogen) atoms.